The molecule has 3 rings (SSSR count). The van der Waals surface area contributed by atoms with Crippen LogP contribution in [0.4, 0.5) is 10.2 Å². The van der Waals surface area contributed by atoms with E-state index in [9.17, 15) is 19.1 Å². The maximum absolute atomic E-state index is 14.1. The second kappa shape index (κ2) is 7.57. The zero-order valence-electron chi connectivity index (χ0n) is 13.4. The Labute approximate surface area is 158 Å². The topological polar surface area (TPSA) is 73.7 Å². The Morgan fingerprint density at radius 3 is 2.50 bits per heavy atom. The molecule has 6 nitrogen and oxygen atoms in total. The van der Waals surface area contributed by atoms with Crippen LogP contribution in [0.5, 0.6) is 0 Å². The number of piperazine rings is 1. The van der Waals surface area contributed by atoms with Crippen molar-refractivity contribution in [1.82, 2.24) is 9.88 Å². The Kier molecular flexibility index (Phi) is 5.41. The molecule has 0 bridgehead atoms. The van der Waals surface area contributed by atoms with Crippen molar-refractivity contribution in [3.05, 3.63) is 58.0 Å². The third-order valence-corrected chi connectivity index (χ3v) is 4.48. The molecule has 0 spiro atoms. The zero-order valence-corrected chi connectivity index (χ0v) is 14.9. The number of amides is 2. The minimum atomic E-state index is -1.14. The number of benzene rings is 1. The van der Waals surface area contributed by atoms with Crippen LogP contribution >= 0.6 is 23.2 Å². The first-order valence-corrected chi connectivity index (χ1v) is 8.43. The highest BCUT2D eigenvalue weighted by Gasteiger charge is 2.40. The SMILES string of the molecule is O=C1[C@@H](CO)N(Cc2ccc(Cl)cc2)C(=O)CN1c1ncc(Cl)cc1F. The van der Waals surface area contributed by atoms with E-state index in [1.54, 1.807) is 24.3 Å². The van der Waals surface area contributed by atoms with Crippen LogP contribution in [-0.4, -0.2) is 46.0 Å². The number of nitrogens with zero attached hydrogens (tertiary/aromatic N) is 3. The van der Waals surface area contributed by atoms with Crippen molar-refractivity contribution in [2.45, 2.75) is 12.6 Å². The molecule has 1 saturated heterocycles. The third-order valence-electron chi connectivity index (χ3n) is 4.02. The van der Waals surface area contributed by atoms with Crippen molar-refractivity contribution in [3.63, 3.8) is 0 Å². The van der Waals surface area contributed by atoms with Gasteiger partial charge in [-0.05, 0) is 23.8 Å². The molecule has 0 unspecified atom stereocenters. The molecule has 1 aromatic heterocycles. The summed E-state index contributed by atoms with van der Waals surface area (Å²) >= 11 is 11.5. The van der Waals surface area contributed by atoms with Gasteiger partial charge in [-0.25, -0.2) is 9.37 Å². The molecule has 1 aliphatic rings. The van der Waals surface area contributed by atoms with Crippen molar-refractivity contribution < 1.29 is 19.1 Å². The van der Waals surface area contributed by atoms with Gasteiger partial charge >= 0.3 is 0 Å². The molecule has 0 saturated carbocycles. The molecule has 1 fully saturated rings. The average molecular weight is 398 g/mol. The van der Waals surface area contributed by atoms with E-state index in [0.717, 1.165) is 16.5 Å². The fourth-order valence-corrected chi connectivity index (χ4v) is 3.01. The predicted octanol–water partition coefficient (Wildman–Crippen LogP) is 2.26. The lowest BCUT2D eigenvalue weighted by atomic mass is 10.1. The standard InChI is InChI=1S/C17H14Cl2FN3O3/c18-11-3-1-10(2-4-11)7-22-14(9-24)17(26)23(8-15(22)25)16-13(20)5-12(19)6-21-16/h1-6,14,24H,7-9H2/t14-/m1/s1. The smallest absolute Gasteiger partial charge is 0.253 e. The number of carbonyl (C=O) groups is 2. The van der Waals surface area contributed by atoms with E-state index in [2.05, 4.69) is 4.98 Å². The zero-order chi connectivity index (χ0) is 18.8. The van der Waals surface area contributed by atoms with Crippen LogP contribution in [0.25, 0.3) is 0 Å². The van der Waals surface area contributed by atoms with Gasteiger partial charge in [0.15, 0.2) is 11.6 Å². The number of aromatic nitrogens is 1. The number of hydrogen-bond donors (Lipinski definition) is 1. The number of rotatable bonds is 4. The molecule has 136 valence electrons. The molecule has 1 aromatic carbocycles. The average Bonchev–Trinajstić information content (AvgIpc) is 2.60. The van der Waals surface area contributed by atoms with Gasteiger partial charge in [0.05, 0.1) is 11.6 Å². The predicted molar refractivity (Wildman–Crippen MR) is 94.4 cm³/mol. The van der Waals surface area contributed by atoms with Gasteiger partial charge in [-0.1, -0.05) is 35.3 Å². The van der Waals surface area contributed by atoms with Gasteiger partial charge in [0.25, 0.3) is 5.91 Å². The van der Waals surface area contributed by atoms with Gasteiger partial charge in [0.2, 0.25) is 5.91 Å². The highest BCUT2D eigenvalue weighted by molar-refractivity contribution is 6.30. The van der Waals surface area contributed by atoms with E-state index in [0.29, 0.717) is 5.02 Å². The lowest BCUT2D eigenvalue weighted by molar-refractivity contribution is -0.145. The van der Waals surface area contributed by atoms with Crippen LogP contribution in [0, 0.1) is 5.82 Å². The Balaban J connectivity index is 1.87. The molecule has 2 amide bonds. The fourth-order valence-electron chi connectivity index (χ4n) is 2.74. The van der Waals surface area contributed by atoms with Gasteiger partial charge < -0.3 is 10.0 Å². The molecule has 0 radical (unpaired) electrons. The van der Waals surface area contributed by atoms with Crippen molar-refractivity contribution in [2.75, 3.05) is 18.1 Å². The minimum absolute atomic E-state index is 0.0742. The second-order valence-electron chi connectivity index (χ2n) is 5.73. The van der Waals surface area contributed by atoms with Gasteiger partial charge in [-0.15, -0.1) is 0 Å². The third kappa shape index (κ3) is 3.65. The van der Waals surface area contributed by atoms with Crippen molar-refractivity contribution in [1.29, 1.82) is 0 Å². The maximum atomic E-state index is 14.1. The Morgan fingerprint density at radius 1 is 1.19 bits per heavy atom. The first-order chi connectivity index (χ1) is 12.4. The normalized spacial score (nSPS) is 17.8. The largest absolute Gasteiger partial charge is 0.394 e. The Morgan fingerprint density at radius 2 is 1.88 bits per heavy atom. The van der Waals surface area contributed by atoms with Gasteiger partial charge in [-0.2, -0.15) is 0 Å². The van der Waals surface area contributed by atoms with Crippen molar-refractivity contribution in [2.24, 2.45) is 0 Å². The number of pyridine rings is 1. The summed E-state index contributed by atoms with van der Waals surface area (Å²) in [7, 11) is 0. The summed E-state index contributed by atoms with van der Waals surface area (Å²) in [5, 5.41) is 10.3. The molecule has 0 aliphatic carbocycles. The minimum Gasteiger partial charge on any atom is -0.394 e. The van der Waals surface area contributed by atoms with Crippen LogP contribution in [0.15, 0.2) is 36.5 Å². The fraction of sp³-hybridized carbons (Fsp3) is 0.235. The van der Waals surface area contributed by atoms with E-state index >= 15 is 0 Å². The molecule has 26 heavy (non-hydrogen) atoms. The Bertz CT molecular complexity index is 848. The lowest BCUT2D eigenvalue weighted by Crippen LogP contribution is -2.61. The molecule has 1 aliphatic heterocycles. The number of aliphatic hydroxyl groups excluding tert-OH is 1. The highest BCUT2D eigenvalue weighted by Crippen LogP contribution is 2.25. The summed E-state index contributed by atoms with van der Waals surface area (Å²) in [4.78, 5) is 31.3. The van der Waals surface area contributed by atoms with Crippen LogP contribution in [-0.2, 0) is 16.1 Å². The first kappa shape index (κ1) is 18.6. The van der Waals surface area contributed by atoms with Crippen LogP contribution in [0.3, 0.4) is 0 Å². The van der Waals surface area contributed by atoms with Gasteiger partial charge in [-0.3, -0.25) is 14.5 Å². The number of carbonyl (C=O) groups excluding carboxylic acids is 2. The second-order valence-corrected chi connectivity index (χ2v) is 6.60. The highest BCUT2D eigenvalue weighted by atomic mass is 35.5. The molecule has 1 N–H and O–H groups in total. The molecule has 2 aromatic rings. The lowest BCUT2D eigenvalue weighted by Gasteiger charge is -2.39. The number of hydrogen-bond acceptors (Lipinski definition) is 4. The van der Waals surface area contributed by atoms with Gasteiger partial charge in [0.1, 0.15) is 12.6 Å². The van der Waals surface area contributed by atoms with Gasteiger partial charge in [0, 0.05) is 17.8 Å². The van der Waals surface area contributed by atoms with Crippen molar-refractivity contribution in [3.8, 4) is 0 Å². The van der Waals surface area contributed by atoms with Crippen LogP contribution in [0.1, 0.15) is 5.56 Å². The van der Waals surface area contributed by atoms with E-state index in [1.165, 1.54) is 11.1 Å². The van der Waals surface area contributed by atoms with Crippen molar-refractivity contribution >= 4 is 40.8 Å². The quantitative estimate of drug-likeness (QED) is 0.858. The van der Waals surface area contributed by atoms with Crippen LogP contribution < -0.4 is 4.90 Å². The van der Waals surface area contributed by atoms with Crippen LogP contribution in [0.2, 0.25) is 10.0 Å². The molecule has 9 heteroatoms. The first-order valence-electron chi connectivity index (χ1n) is 7.68. The molecular formula is C17H14Cl2FN3O3. The molecule has 2 heterocycles. The summed E-state index contributed by atoms with van der Waals surface area (Å²) in [6, 6.07) is 6.66. The Hall–Kier alpha value is -2.22. The van der Waals surface area contributed by atoms with E-state index < -0.39 is 30.3 Å². The summed E-state index contributed by atoms with van der Waals surface area (Å²) in [6.45, 7) is -0.852. The molecular weight excluding hydrogens is 384 g/mol. The van der Waals surface area contributed by atoms with E-state index in [4.69, 9.17) is 23.2 Å². The van der Waals surface area contributed by atoms with E-state index in [-0.39, 0.29) is 23.9 Å². The number of aliphatic hydroxyl groups is 1. The monoisotopic (exact) mass is 397 g/mol. The summed E-state index contributed by atoms with van der Waals surface area (Å²) in [5.74, 6) is -2.16. The van der Waals surface area contributed by atoms with E-state index in [1.807, 2.05) is 0 Å². The summed E-state index contributed by atoms with van der Waals surface area (Å²) in [6.07, 6.45) is 1.19. The maximum Gasteiger partial charge on any atom is 0.253 e. The summed E-state index contributed by atoms with van der Waals surface area (Å²) in [5.41, 5.74) is 0.748. The number of anilines is 1. The molecule has 1 atom stereocenters. The number of halogens is 3. The summed E-state index contributed by atoms with van der Waals surface area (Å²) < 4.78 is 14.1.